The van der Waals surface area contributed by atoms with Gasteiger partial charge in [-0.1, -0.05) is 11.6 Å². The minimum Gasteiger partial charge on any atom is -0.462 e. The first-order chi connectivity index (χ1) is 14.7. The van der Waals surface area contributed by atoms with Gasteiger partial charge in [0.1, 0.15) is 11.8 Å². The predicted molar refractivity (Wildman–Crippen MR) is 126 cm³/mol. The number of carbonyl (C=O) groups excluding carboxylic acids is 1. The molecule has 0 aromatic heterocycles. The van der Waals surface area contributed by atoms with Crippen molar-refractivity contribution in [2.45, 2.75) is 58.4 Å². The summed E-state index contributed by atoms with van der Waals surface area (Å²) < 4.78 is 22.8. The van der Waals surface area contributed by atoms with Gasteiger partial charge in [0.25, 0.3) is 0 Å². The Morgan fingerprint density at radius 1 is 1.26 bits per heavy atom. The number of esters is 1. The Bertz CT molecular complexity index is 677. The van der Waals surface area contributed by atoms with E-state index < -0.39 is 14.6 Å². The number of nitrogens with one attached hydrogen (secondary N) is 1. The largest absolute Gasteiger partial charge is 0.462 e. The van der Waals surface area contributed by atoms with Crippen LogP contribution in [0, 0.1) is 0 Å². The van der Waals surface area contributed by atoms with Crippen molar-refractivity contribution in [1.82, 2.24) is 9.99 Å². The van der Waals surface area contributed by atoms with E-state index in [2.05, 4.69) is 17.0 Å². The molecule has 0 amide bonds. The van der Waals surface area contributed by atoms with E-state index in [0.29, 0.717) is 10.8 Å². The predicted octanol–water partition coefficient (Wildman–Crippen LogP) is 4.28. The van der Waals surface area contributed by atoms with Gasteiger partial charge in [-0.25, -0.2) is 5.09 Å². The summed E-state index contributed by atoms with van der Waals surface area (Å²) in [5.74, 6) is 0.205. The number of ether oxygens (including phenoxy) is 2. The van der Waals surface area contributed by atoms with Gasteiger partial charge in [0, 0.05) is 32.3 Å². The molecule has 1 aromatic carbocycles. The molecular formula is C21H35ClN3O5P. The monoisotopic (exact) mass is 475 g/mol. The Labute approximate surface area is 192 Å². The highest BCUT2D eigenvalue weighted by Gasteiger charge is 2.25. The molecule has 10 heteroatoms. The third kappa shape index (κ3) is 11.1. The quantitative estimate of drug-likeness (QED) is 0.186. The molecule has 0 aliphatic carbocycles. The zero-order valence-corrected chi connectivity index (χ0v) is 21.0. The fourth-order valence-electron chi connectivity index (χ4n) is 2.45. The SMILES string of the molecule is CN=CN(C)C(C)CC(COP(NC(C)C(=O)OC(C)C)Oc1ccc(Cl)cc1)OC. The highest BCUT2D eigenvalue weighted by molar-refractivity contribution is 7.45. The van der Waals surface area contributed by atoms with Crippen molar-refractivity contribution < 1.29 is 23.3 Å². The lowest BCUT2D eigenvalue weighted by atomic mass is 10.1. The molecule has 176 valence electrons. The number of nitrogens with zero attached hydrogens (tertiary/aromatic N) is 2. The third-order valence-corrected chi connectivity index (χ3v) is 5.92. The first kappa shape index (κ1) is 27.6. The van der Waals surface area contributed by atoms with E-state index in [1.165, 1.54) is 0 Å². The van der Waals surface area contributed by atoms with Crippen LogP contribution in [0.4, 0.5) is 0 Å². The minimum absolute atomic E-state index is 0.166. The van der Waals surface area contributed by atoms with Gasteiger partial charge in [-0.3, -0.25) is 9.79 Å². The Morgan fingerprint density at radius 2 is 1.90 bits per heavy atom. The van der Waals surface area contributed by atoms with E-state index >= 15 is 0 Å². The summed E-state index contributed by atoms with van der Waals surface area (Å²) in [4.78, 5) is 18.3. The van der Waals surface area contributed by atoms with E-state index in [-0.39, 0.29) is 30.8 Å². The normalized spacial score (nSPS) is 15.5. The number of rotatable bonds is 14. The van der Waals surface area contributed by atoms with Crippen LogP contribution < -0.4 is 9.61 Å². The van der Waals surface area contributed by atoms with Gasteiger partial charge in [-0.05, 0) is 58.4 Å². The van der Waals surface area contributed by atoms with Crippen LogP contribution in [0.1, 0.15) is 34.1 Å². The van der Waals surface area contributed by atoms with E-state index in [0.717, 1.165) is 6.42 Å². The molecule has 0 saturated carbocycles. The van der Waals surface area contributed by atoms with Crippen LogP contribution in [0.25, 0.3) is 0 Å². The van der Waals surface area contributed by atoms with Crippen LogP contribution >= 0.6 is 20.1 Å². The molecule has 8 nitrogen and oxygen atoms in total. The number of aliphatic imine (C=N–C) groups is 1. The summed E-state index contributed by atoms with van der Waals surface area (Å²) in [7, 11) is 3.70. The molecular weight excluding hydrogens is 441 g/mol. The van der Waals surface area contributed by atoms with Crippen molar-refractivity contribution >= 4 is 32.4 Å². The summed E-state index contributed by atoms with van der Waals surface area (Å²) in [5, 5.41) is 3.69. The number of benzene rings is 1. The standard InChI is InChI=1S/C21H35ClN3O5P/c1-15(2)29-21(26)17(4)24-31(30-19-10-8-18(22)9-11-19)28-13-20(27-7)12-16(3)25(6)14-23-5/h8-11,14-17,20,24H,12-13H2,1-7H3. The molecule has 0 saturated heterocycles. The lowest BCUT2D eigenvalue weighted by Crippen LogP contribution is -2.36. The van der Waals surface area contributed by atoms with E-state index in [9.17, 15) is 4.79 Å². The van der Waals surface area contributed by atoms with Gasteiger partial charge in [0.05, 0.1) is 25.2 Å². The van der Waals surface area contributed by atoms with Gasteiger partial charge in [-0.2, -0.15) is 0 Å². The first-order valence-corrected chi connectivity index (χ1v) is 11.7. The molecule has 1 rings (SSSR count). The van der Waals surface area contributed by atoms with Crippen LogP contribution in [0.15, 0.2) is 29.3 Å². The van der Waals surface area contributed by atoms with Crippen LogP contribution in [0.2, 0.25) is 5.02 Å². The molecule has 1 N–H and O–H groups in total. The van der Waals surface area contributed by atoms with Crippen molar-refractivity contribution in [1.29, 1.82) is 0 Å². The molecule has 0 heterocycles. The summed E-state index contributed by atoms with van der Waals surface area (Å²) in [5.41, 5.74) is 0. The van der Waals surface area contributed by atoms with Gasteiger partial charge < -0.3 is 23.4 Å². The molecule has 31 heavy (non-hydrogen) atoms. The number of methoxy groups -OCH3 is 1. The zero-order chi connectivity index (χ0) is 23.4. The molecule has 0 aliphatic rings. The van der Waals surface area contributed by atoms with Crippen LogP contribution in [-0.4, -0.2) is 69.3 Å². The van der Waals surface area contributed by atoms with Crippen LogP contribution in [-0.2, 0) is 18.8 Å². The number of hydrogen-bond acceptors (Lipinski definition) is 7. The lowest BCUT2D eigenvalue weighted by Gasteiger charge is -2.28. The number of carbonyl (C=O) groups is 1. The summed E-state index contributed by atoms with van der Waals surface area (Å²) in [6, 6.07) is 6.54. The molecule has 0 radical (unpaired) electrons. The van der Waals surface area contributed by atoms with Gasteiger partial charge in [0.2, 0.25) is 0 Å². The lowest BCUT2D eigenvalue weighted by molar-refractivity contribution is -0.149. The van der Waals surface area contributed by atoms with Crippen molar-refractivity contribution in [2.75, 3.05) is 27.8 Å². The third-order valence-electron chi connectivity index (χ3n) is 4.31. The molecule has 0 fully saturated rings. The van der Waals surface area contributed by atoms with Crippen LogP contribution in [0.5, 0.6) is 5.75 Å². The summed E-state index contributed by atoms with van der Waals surface area (Å²) in [6.07, 6.45) is 2.14. The van der Waals surface area contributed by atoms with E-state index in [1.807, 2.05) is 11.9 Å². The number of hydrogen-bond donors (Lipinski definition) is 1. The fourth-order valence-corrected chi connectivity index (χ4v) is 3.79. The van der Waals surface area contributed by atoms with Gasteiger partial charge >= 0.3 is 14.5 Å². The average Bonchev–Trinajstić information content (AvgIpc) is 2.71. The maximum absolute atomic E-state index is 12.2. The highest BCUT2D eigenvalue weighted by atomic mass is 35.5. The Morgan fingerprint density at radius 3 is 2.45 bits per heavy atom. The fraction of sp³-hybridized carbons (Fsp3) is 0.619. The smallest absolute Gasteiger partial charge is 0.323 e. The Hall–Kier alpha value is -1.44. The topological polar surface area (TPSA) is 81.6 Å². The second-order valence-electron chi connectivity index (χ2n) is 7.42. The maximum atomic E-state index is 12.2. The minimum atomic E-state index is -1.64. The van der Waals surface area contributed by atoms with Crippen molar-refractivity contribution in [3.8, 4) is 5.75 Å². The zero-order valence-electron chi connectivity index (χ0n) is 19.4. The molecule has 0 aliphatic heterocycles. The average molecular weight is 476 g/mol. The molecule has 1 aromatic rings. The number of halogens is 1. The molecule has 0 bridgehead atoms. The Balaban J connectivity index is 2.79. The van der Waals surface area contributed by atoms with Crippen molar-refractivity contribution in [2.24, 2.45) is 4.99 Å². The molecule has 0 spiro atoms. The van der Waals surface area contributed by atoms with Gasteiger partial charge in [-0.15, -0.1) is 0 Å². The first-order valence-electron chi connectivity index (χ1n) is 10.2. The molecule has 4 atom stereocenters. The van der Waals surface area contributed by atoms with Gasteiger partial charge in [0.15, 0.2) is 0 Å². The Kier molecular flexibility index (Phi) is 13.0. The van der Waals surface area contributed by atoms with Crippen molar-refractivity contribution in [3.05, 3.63) is 29.3 Å². The van der Waals surface area contributed by atoms with E-state index in [1.54, 1.807) is 65.5 Å². The molecule has 4 unspecified atom stereocenters. The second kappa shape index (κ2) is 14.6. The van der Waals surface area contributed by atoms with Crippen LogP contribution in [0.3, 0.4) is 0 Å². The van der Waals surface area contributed by atoms with E-state index in [4.69, 9.17) is 30.1 Å². The highest BCUT2D eigenvalue weighted by Crippen LogP contribution is 2.37. The van der Waals surface area contributed by atoms with Crippen molar-refractivity contribution in [3.63, 3.8) is 0 Å². The summed E-state index contributed by atoms with van der Waals surface area (Å²) in [6.45, 7) is 7.69. The second-order valence-corrected chi connectivity index (χ2v) is 9.07. The summed E-state index contributed by atoms with van der Waals surface area (Å²) >= 11 is 5.95. The maximum Gasteiger partial charge on any atom is 0.323 e.